The molecule has 0 unspecified atom stereocenters. The maximum absolute atomic E-state index is 12.7. The Bertz CT molecular complexity index is 936. The van der Waals surface area contributed by atoms with Crippen molar-refractivity contribution in [2.45, 2.75) is 19.7 Å². The number of carboxylic acids is 1. The lowest BCUT2D eigenvalue weighted by Gasteiger charge is -2.26. The van der Waals surface area contributed by atoms with Gasteiger partial charge < -0.3 is 23.9 Å². The van der Waals surface area contributed by atoms with E-state index < -0.39 is 12.1 Å². The number of amides is 1. The van der Waals surface area contributed by atoms with Gasteiger partial charge in [-0.2, -0.15) is 13.2 Å². The first-order chi connectivity index (χ1) is 15.1. The van der Waals surface area contributed by atoms with E-state index in [1.54, 1.807) is 19.3 Å². The molecule has 2 aliphatic heterocycles. The summed E-state index contributed by atoms with van der Waals surface area (Å²) >= 11 is 0. The summed E-state index contributed by atoms with van der Waals surface area (Å²) in [7, 11) is 0. The van der Waals surface area contributed by atoms with Gasteiger partial charge in [-0.05, 0) is 24.6 Å². The first-order valence-corrected chi connectivity index (χ1v) is 9.66. The van der Waals surface area contributed by atoms with Crippen molar-refractivity contribution < 1.29 is 41.8 Å². The molecular weight excluding hydrogens is 435 g/mol. The van der Waals surface area contributed by atoms with Crippen LogP contribution in [0.3, 0.4) is 0 Å². The second kappa shape index (κ2) is 9.65. The summed E-state index contributed by atoms with van der Waals surface area (Å²) < 4.78 is 48.7. The number of nitrogens with zero attached hydrogens (tertiary/aromatic N) is 3. The van der Waals surface area contributed by atoms with Gasteiger partial charge in [-0.1, -0.05) is 0 Å². The molecule has 0 radical (unpaired) electrons. The van der Waals surface area contributed by atoms with Crippen LogP contribution in [0.4, 0.5) is 13.2 Å². The molecule has 174 valence electrons. The van der Waals surface area contributed by atoms with Gasteiger partial charge >= 0.3 is 12.1 Å². The Kier molecular flexibility index (Phi) is 7.14. The fourth-order valence-corrected chi connectivity index (χ4v) is 3.69. The Morgan fingerprint density at radius 1 is 1.34 bits per heavy atom. The van der Waals surface area contributed by atoms with Crippen LogP contribution in [-0.2, 0) is 20.9 Å². The number of likely N-dealkylation sites (tertiary alicyclic amines) is 1. The predicted octanol–water partition coefficient (Wildman–Crippen LogP) is 2.32. The van der Waals surface area contributed by atoms with Crippen LogP contribution in [0.2, 0.25) is 0 Å². The van der Waals surface area contributed by atoms with Crippen molar-refractivity contribution in [2.24, 2.45) is 11.3 Å². The molecule has 2 aliphatic rings. The van der Waals surface area contributed by atoms with Gasteiger partial charge in [0, 0.05) is 36.8 Å². The number of aromatic nitrogens is 2. The zero-order valence-electron chi connectivity index (χ0n) is 17.2. The van der Waals surface area contributed by atoms with E-state index in [2.05, 4.69) is 9.97 Å². The number of aliphatic carboxylic acids is 1. The van der Waals surface area contributed by atoms with Crippen molar-refractivity contribution in [3.63, 3.8) is 0 Å². The summed E-state index contributed by atoms with van der Waals surface area (Å²) in [6.07, 6.45) is -0.251. The standard InChI is InChI=1S/C18H21N3O4.C2HF3O2/c1-13-16(25-12-20-13)17(22)21-6-15-8-24-11-18(15,9-21)10-23-7-14-2-4-19-5-3-14;3-2(4,5)1(6)7/h2-5,12,15H,6-11H2,1H3;(H,6,7)/t15-,18-;/m1./s1. The van der Waals surface area contributed by atoms with E-state index in [1.165, 1.54) is 6.39 Å². The summed E-state index contributed by atoms with van der Waals surface area (Å²) in [5.74, 6) is -2.24. The molecule has 12 heteroatoms. The quantitative estimate of drug-likeness (QED) is 0.728. The highest BCUT2D eigenvalue weighted by molar-refractivity contribution is 5.92. The van der Waals surface area contributed by atoms with E-state index in [0.717, 1.165) is 5.56 Å². The van der Waals surface area contributed by atoms with Crippen molar-refractivity contribution >= 4 is 11.9 Å². The van der Waals surface area contributed by atoms with Gasteiger partial charge in [0.1, 0.15) is 0 Å². The predicted molar refractivity (Wildman–Crippen MR) is 101 cm³/mol. The normalized spacial score (nSPS) is 22.2. The molecule has 4 rings (SSSR count). The lowest BCUT2D eigenvalue weighted by molar-refractivity contribution is -0.192. The maximum Gasteiger partial charge on any atom is 0.490 e. The number of pyridine rings is 1. The molecule has 0 bridgehead atoms. The van der Waals surface area contributed by atoms with Crippen LogP contribution >= 0.6 is 0 Å². The van der Waals surface area contributed by atoms with Crippen molar-refractivity contribution in [2.75, 3.05) is 32.9 Å². The molecule has 2 fully saturated rings. The second-order valence-electron chi connectivity index (χ2n) is 7.68. The number of oxazole rings is 1. The topological polar surface area (TPSA) is 115 Å². The molecule has 1 amide bonds. The Morgan fingerprint density at radius 3 is 2.62 bits per heavy atom. The van der Waals surface area contributed by atoms with E-state index in [0.29, 0.717) is 51.0 Å². The Morgan fingerprint density at radius 2 is 2.03 bits per heavy atom. The van der Waals surface area contributed by atoms with E-state index in [-0.39, 0.29) is 17.2 Å². The second-order valence-corrected chi connectivity index (χ2v) is 7.68. The number of aryl methyl sites for hydroxylation is 1. The van der Waals surface area contributed by atoms with Crippen LogP contribution in [0, 0.1) is 18.3 Å². The molecule has 2 atom stereocenters. The zero-order chi connectivity index (χ0) is 23.4. The number of fused-ring (bicyclic) bond motifs is 1. The number of carbonyl (C=O) groups is 2. The molecule has 0 aromatic carbocycles. The number of alkyl halides is 3. The van der Waals surface area contributed by atoms with Crippen molar-refractivity contribution in [1.29, 1.82) is 0 Å². The lowest BCUT2D eigenvalue weighted by Crippen LogP contribution is -2.37. The van der Waals surface area contributed by atoms with E-state index in [1.807, 2.05) is 17.0 Å². The monoisotopic (exact) mass is 457 g/mol. The average Bonchev–Trinajstić information content (AvgIpc) is 3.42. The summed E-state index contributed by atoms with van der Waals surface area (Å²) in [6.45, 7) is 5.45. The summed E-state index contributed by atoms with van der Waals surface area (Å²) in [4.78, 5) is 31.5. The number of ether oxygens (including phenoxy) is 2. The van der Waals surface area contributed by atoms with Gasteiger partial charge in [-0.3, -0.25) is 9.78 Å². The largest absolute Gasteiger partial charge is 0.490 e. The van der Waals surface area contributed by atoms with Crippen LogP contribution in [-0.4, -0.2) is 70.9 Å². The Hall–Kier alpha value is -2.99. The third-order valence-electron chi connectivity index (χ3n) is 5.40. The van der Waals surface area contributed by atoms with E-state index >= 15 is 0 Å². The molecule has 2 saturated heterocycles. The highest BCUT2D eigenvalue weighted by Crippen LogP contribution is 2.42. The fourth-order valence-electron chi connectivity index (χ4n) is 3.69. The maximum atomic E-state index is 12.7. The average molecular weight is 457 g/mol. The van der Waals surface area contributed by atoms with Crippen molar-refractivity contribution in [1.82, 2.24) is 14.9 Å². The summed E-state index contributed by atoms with van der Waals surface area (Å²) in [5.41, 5.74) is 1.57. The molecule has 1 N–H and O–H groups in total. The molecule has 0 spiro atoms. The zero-order valence-corrected chi connectivity index (χ0v) is 17.2. The molecule has 0 aliphatic carbocycles. The highest BCUT2D eigenvalue weighted by Gasteiger charge is 2.52. The van der Waals surface area contributed by atoms with Crippen molar-refractivity contribution in [3.05, 3.63) is 47.9 Å². The third kappa shape index (κ3) is 5.43. The Balaban J connectivity index is 0.000000360. The van der Waals surface area contributed by atoms with Crippen LogP contribution in [0.15, 0.2) is 35.3 Å². The Labute approximate surface area is 181 Å². The van der Waals surface area contributed by atoms with Gasteiger partial charge in [-0.25, -0.2) is 9.78 Å². The van der Waals surface area contributed by atoms with Crippen LogP contribution in [0.25, 0.3) is 0 Å². The molecule has 9 nitrogen and oxygen atoms in total. The summed E-state index contributed by atoms with van der Waals surface area (Å²) in [5, 5.41) is 7.12. The smallest absolute Gasteiger partial charge is 0.475 e. The summed E-state index contributed by atoms with van der Waals surface area (Å²) in [6, 6.07) is 3.88. The molecule has 0 saturated carbocycles. The van der Waals surface area contributed by atoms with Crippen molar-refractivity contribution in [3.8, 4) is 0 Å². The highest BCUT2D eigenvalue weighted by atomic mass is 19.4. The minimum atomic E-state index is -5.08. The molecular formula is C20H22F3N3O6. The first kappa shape index (κ1) is 23.7. The van der Waals surface area contributed by atoms with Gasteiger partial charge in [0.05, 0.1) is 32.1 Å². The number of rotatable bonds is 5. The third-order valence-corrected chi connectivity index (χ3v) is 5.40. The molecule has 2 aromatic heterocycles. The first-order valence-electron chi connectivity index (χ1n) is 9.66. The minimum Gasteiger partial charge on any atom is -0.475 e. The van der Waals surface area contributed by atoms with Crippen LogP contribution in [0.5, 0.6) is 0 Å². The minimum absolute atomic E-state index is 0.0992. The molecule has 4 heterocycles. The number of hydrogen-bond acceptors (Lipinski definition) is 7. The van der Waals surface area contributed by atoms with E-state index in [4.69, 9.17) is 23.8 Å². The van der Waals surface area contributed by atoms with Crippen LogP contribution in [0.1, 0.15) is 21.8 Å². The van der Waals surface area contributed by atoms with Gasteiger partial charge in [-0.15, -0.1) is 0 Å². The lowest BCUT2D eigenvalue weighted by atomic mass is 9.82. The number of carbonyl (C=O) groups excluding carboxylic acids is 1. The van der Waals surface area contributed by atoms with Crippen LogP contribution < -0.4 is 0 Å². The van der Waals surface area contributed by atoms with E-state index in [9.17, 15) is 18.0 Å². The fraction of sp³-hybridized carbons (Fsp3) is 0.500. The van der Waals surface area contributed by atoms with Gasteiger partial charge in [0.2, 0.25) is 5.76 Å². The number of hydrogen-bond donors (Lipinski definition) is 1. The number of carboxylic acid groups (broad SMARTS) is 1. The molecule has 32 heavy (non-hydrogen) atoms. The van der Waals surface area contributed by atoms with Gasteiger partial charge in [0.15, 0.2) is 6.39 Å². The van der Waals surface area contributed by atoms with Gasteiger partial charge in [0.25, 0.3) is 5.91 Å². The SMILES string of the molecule is Cc1ncoc1C(=O)N1C[C@@H]2COC[C@]2(COCc2ccncc2)C1.O=C(O)C(F)(F)F. The number of halogens is 3. The molecule has 2 aromatic rings.